The minimum atomic E-state index is -0.271. The van der Waals surface area contributed by atoms with Gasteiger partial charge in [-0.25, -0.2) is 0 Å². The lowest BCUT2D eigenvalue weighted by molar-refractivity contribution is -0.121. The quantitative estimate of drug-likeness (QED) is 0.866. The van der Waals surface area contributed by atoms with E-state index in [4.69, 9.17) is 21.1 Å². The molecule has 0 radical (unpaired) electrons. The van der Waals surface area contributed by atoms with Gasteiger partial charge in [-0.1, -0.05) is 23.7 Å². The number of rotatable bonds is 5. The summed E-state index contributed by atoms with van der Waals surface area (Å²) in [6.07, 6.45) is 0.861. The molecule has 0 aromatic heterocycles. The van der Waals surface area contributed by atoms with Crippen LogP contribution in [0.1, 0.15) is 18.1 Å². The van der Waals surface area contributed by atoms with Crippen LogP contribution in [0.15, 0.2) is 36.4 Å². The molecule has 5 nitrogen and oxygen atoms in total. The molecule has 138 valence electrons. The van der Waals surface area contributed by atoms with Gasteiger partial charge in [0.25, 0.3) is 0 Å². The highest BCUT2D eigenvalue weighted by Crippen LogP contribution is 2.33. The second-order valence-electron chi connectivity index (χ2n) is 6.34. The SMILES string of the molecule is COc1cc2c(cc1OC)CN([C@@H](C)C(=O)Nc1ccccc1Cl)CC2. The molecular formula is C20H23ClN2O3. The van der Waals surface area contributed by atoms with E-state index in [-0.39, 0.29) is 11.9 Å². The third-order valence-electron chi connectivity index (χ3n) is 4.81. The average Bonchev–Trinajstić information content (AvgIpc) is 2.67. The molecule has 0 bridgehead atoms. The number of halogens is 1. The van der Waals surface area contributed by atoms with Gasteiger partial charge < -0.3 is 14.8 Å². The maximum absolute atomic E-state index is 12.6. The van der Waals surface area contributed by atoms with Crippen molar-refractivity contribution in [3.63, 3.8) is 0 Å². The molecule has 1 aliphatic heterocycles. The number of benzene rings is 2. The van der Waals surface area contributed by atoms with Crippen molar-refractivity contribution in [3.05, 3.63) is 52.5 Å². The van der Waals surface area contributed by atoms with E-state index >= 15 is 0 Å². The Labute approximate surface area is 158 Å². The van der Waals surface area contributed by atoms with Crippen LogP contribution in [0.3, 0.4) is 0 Å². The van der Waals surface area contributed by atoms with Gasteiger partial charge in [0.1, 0.15) is 0 Å². The lowest BCUT2D eigenvalue weighted by Gasteiger charge is -2.33. The largest absolute Gasteiger partial charge is 0.493 e. The van der Waals surface area contributed by atoms with Crippen LogP contribution in [0, 0.1) is 0 Å². The Kier molecular flexibility index (Phi) is 5.69. The molecule has 26 heavy (non-hydrogen) atoms. The number of hydrogen-bond acceptors (Lipinski definition) is 4. The highest BCUT2D eigenvalue weighted by atomic mass is 35.5. The summed E-state index contributed by atoms with van der Waals surface area (Å²) in [6, 6.07) is 11.0. The fourth-order valence-corrected chi connectivity index (χ4v) is 3.38. The standard InChI is InChI=1S/C20H23ClN2O3/c1-13(20(24)22-17-7-5-4-6-16(17)21)23-9-8-14-10-18(25-2)19(26-3)11-15(14)12-23/h4-7,10-11,13H,8-9,12H2,1-3H3,(H,22,24)/t13-/m0/s1. The zero-order chi connectivity index (χ0) is 18.7. The predicted molar refractivity (Wildman–Crippen MR) is 103 cm³/mol. The Bertz CT molecular complexity index is 810. The minimum absolute atomic E-state index is 0.0676. The molecule has 3 rings (SSSR count). The Morgan fingerprint density at radius 1 is 1.15 bits per heavy atom. The van der Waals surface area contributed by atoms with E-state index in [9.17, 15) is 4.79 Å². The van der Waals surface area contributed by atoms with Crippen molar-refractivity contribution >= 4 is 23.2 Å². The number of methoxy groups -OCH3 is 2. The summed E-state index contributed by atoms with van der Waals surface area (Å²) in [5, 5.41) is 3.45. The summed E-state index contributed by atoms with van der Waals surface area (Å²) in [6.45, 7) is 3.41. The van der Waals surface area contributed by atoms with Crippen molar-refractivity contribution in [2.24, 2.45) is 0 Å². The Balaban J connectivity index is 1.73. The van der Waals surface area contributed by atoms with Gasteiger partial charge in [0.15, 0.2) is 11.5 Å². The van der Waals surface area contributed by atoms with E-state index in [1.54, 1.807) is 26.4 Å². The van der Waals surface area contributed by atoms with Crippen LogP contribution in [0.25, 0.3) is 0 Å². The number of nitrogens with one attached hydrogen (secondary N) is 1. The van der Waals surface area contributed by atoms with E-state index in [1.165, 1.54) is 5.56 Å². The molecule has 2 aromatic rings. The molecule has 6 heteroatoms. The number of hydrogen-bond donors (Lipinski definition) is 1. The Hall–Kier alpha value is -2.24. The minimum Gasteiger partial charge on any atom is -0.493 e. The summed E-state index contributed by atoms with van der Waals surface area (Å²) < 4.78 is 10.8. The highest BCUT2D eigenvalue weighted by Gasteiger charge is 2.27. The summed E-state index contributed by atoms with van der Waals surface area (Å²) in [5.41, 5.74) is 3.03. The number of ether oxygens (including phenoxy) is 2. The van der Waals surface area contributed by atoms with E-state index in [1.807, 2.05) is 31.2 Å². The number of para-hydroxylation sites is 1. The molecule has 1 heterocycles. The number of carbonyl (C=O) groups is 1. The number of carbonyl (C=O) groups excluding carboxylic acids is 1. The first-order valence-electron chi connectivity index (χ1n) is 8.56. The van der Waals surface area contributed by atoms with Crippen molar-refractivity contribution in [2.45, 2.75) is 25.9 Å². The summed E-state index contributed by atoms with van der Waals surface area (Å²) in [5.74, 6) is 1.38. The van der Waals surface area contributed by atoms with E-state index < -0.39 is 0 Å². The molecule has 0 spiro atoms. The first-order chi connectivity index (χ1) is 12.5. The highest BCUT2D eigenvalue weighted by molar-refractivity contribution is 6.33. The second kappa shape index (κ2) is 7.98. The third-order valence-corrected chi connectivity index (χ3v) is 5.14. The zero-order valence-electron chi connectivity index (χ0n) is 15.2. The zero-order valence-corrected chi connectivity index (χ0v) is 16.0. The summed E-state index contributed by atoms with van der Waals surface area (Å²) in [7, 11) is 3.27. The summed E-state index contributed by atoms with van der Waals surface area (Å²) in [4.78, 5) is 14.8. The lowest BCUT2D eigenvalue weighted by atomic mass is 9.97. The monoisotopic (exact) mass is 374 g/mol. The van der Waals surface area contributed by atoms with Crippen molar-refractivity contribution in [3.8, 4) is 11.5 Å². The van der Waals surface area contributed by atoms with E-state index in [0.29, 0.717) is 23.0 Å². The second-order valence-corrected chi connectivity index (χ2v) is 6.75. The van der Waals surface area contributed by atoms with Crippen LogP contribution < -0.4 is 14.8 Å². The van der Waals surface area contributed by atoms with Crippen molar-refractivity contribution < 1.29 is 14.3 Å². The molecule has 2 aromatic carbocycles. The van der Waals surface area contributed by atoms with Gasteiger partial charge in [0.2, 0.25) is 5.91 Å². The Morgan fingerprint density at radius 2 is 1.81 bits per heavy atom. The van der Waals surface area contributed by atoms with Crippen molar-refractivity contribution in [1.82, 2.24) is 4.90 Å². The topological polar surface area (TPSA) is 50.8 Å². The average molecular weight is 375 g/mol. The fraction of sp³-hybridized carbons (Fsp3) is 0.350. The molecule has 0 saturated heterocycles. The van der Waals surface area contributed by atoms with E-state index in [0.717, 1.165) is 24.3 Å². The van der Waals surface area contributed by atoms with Gasteiger partial charge in [-0.3, -0.25) is 9.69 Å². The molecule has 1 amide bonds. The number of amides is 1. The molecule has 0 fully saturated rings. The maximum Gasteiger partial charge on any atom is 0.241 e. The maximum atomic E-state index is 12.6. The normalized spacial score (nSPS) is 15.1. The number of nitrogens with zero attached hydrogens (tertiary/aromatic N) is 1. The van der Waals surface area contributed by atoms with Gasteiger partial charge >= 0.3 is 0 Å². The van der Waals surface area contributed by atoms with Crippen molar-refractivity contribution in [2.75, 3.05) is 26.1 Å². The number of anilines is 1. The first-order valence-corrected chi connectivity index (χ1v) is 8.94. The lowest BCUT2D eigenvalue weighted by Crippen LogP contribution is -2.44. The van der Waals surface area contributed by atoms with Crippen LogP contribution in [-0.4, -0.2) is 37.6 Å². The molecule has 1 N–H and O–H groups in total. The molecule has 0 unspecified atom stereocenters. The molecule has 0 aliphatic carbocycles. The summed E-state index contributed by atoms with van der Waals surface area (Å²) >= 11 is 6.13. The Morgan fingerprint density at radius 3 is 2.46 bits per heavy atom. The molecular weight excluding hydrogens is 352 g/mol. The van der Waals surface area contributed by atoms with Crippen LogP contribution >= 0.6 is 11.6 Å². The fourth-order valence-electron chi connectivity index (χ4n) is 3.20. The van der Waals surface area contributed by atoms with Gasteiger partial charge in [-0.15, -0.1) is 0 Å². The molecule has 1 aliphatic rings. The predicted octanol–water partition coefficient (Wildman–Crippen LogP) is 3.74. The van der Waals surface area contributed by atoms with Gasteiger partial charge in [-0.05, 0) is 48.7 Å². The van der Waals surface area contributed by atoms with Crippen LogP contribution in [0.2, 0.25) is 5.02 Å². The van der Waals surface area contributed by atoms with Crippen molar-refractivity contribution in [1.29, 1.82) is 0 Å². The first kappa shape index (κ1) is 18.5. The van der Waals surface area contributed by atoms with Gasteiger partial charge in [-0.2, -0.15) is 0 Å². The van der Waals surface area contributed by atoms with E-state index in [2.05, 4.69) is 10.2 Å². The van der Waals surface area contributed by atoms with Gasteiger partial charge in [0.05, 0.1) is 31.0 Å². The van der Waals surface area contributed by atoms with Crippen LogP contribution in [0.5, 0.6) is 11.5 Å². The molecule has 0 saturated carbocycles. The van der Waals surface area contributed by atoms with Crippen LogP contribution in [-0.2, 0) is 17.8 Å². The third kappa shape index (κ3) is 3.79. The van der Waals surface area contributed by atoms with Crippen LogP contribution in [0.4, 0.5) is 5.69 Å². The molecule has 1 atom stereocenters. The number of fused-ring (bicyclic) bond motifs is 1. The smallest absolute Gasteiger partial charge is 0.241 e. The van der Waals surface area contributed by atoms with Gasteiger partial charge in [0, 0.05) is 13.1 Å².